The number of hydrogen-bond donors (Lipinski definition) is 2. The van der Waals surface area contributed by atoms with Crippen molar-refractivity contribution in [2.24, 2.45) is 0 Å². The Bertz CT molecular complexity index is 1230. The molecule has 1 saturated heterocycles. The predicted molar refractivity (Wildman–Crippen MR) is 124 cm³/mol. The van der Waals surface area contributed by atoms with E-state index in [9.17, 15) is 18.8 Å². The van der Waals surface area contributed by atoms with E-state index in [2.05, 4.69) is 15.6 Å². The van der Waals surface area contributed by atoms with Crippen LogP contribution in [0.15, 0.2) is 67.3 Å². The lowest BCUT2D eigenvalue weighted by atomic mass is 9.91. The number of ether oxygens (including phenoxy) is 1. The molecule has 2 N–H and O–H groups in total. The molecule has 35 heavy (non-hydrogen) atoms. The minimum atomic E-state index is -1.05. The van der Waals surface area contributed by atoms with E-state index in [1.807, 2.05) is 4.57 Å². The monoisotopic (exact) mass is 476 g/mol. The van der Waals surface area contributed by atoms with Crippen LogP contribution in [0.25, 0.3) is 5.69 Å². The average Bonchev–Trinajstić information content (AvgIpc) is 3.59. The molecule has 0 spiro atoms. The van der Waals surface area contributed by atoms with Crippen LogP contribution in [0.4, 0.5) is 4.39 Å². The van der Waals surface area contributed by atoms with Gasteiger partial charge in [-0.05, 0) is 61.2 Å². The van der Waals surface area contributed by atoms with Crippen molar-refractivity contribution in [1.82, 2.24) is 20.2 Å². The van der Waals surface area contributed by atoms with Crippen molar-refractivity contribution >= 4 is 17.6 Å². The molecule has 3 aromatic rings. The Morgan fingerprint density at radius 2 is 1.94 bits per heavy atom. The van der Waals surface area contributed by atoms with E-state index >= 15 is 0 Å². The zero-order valence-corrected chi connectivity index (χ0v) is 18.9. The van der Waals surface area contributed by atoms with E-state index in [1.54, 1.807) is 55.1 Å². The zero-order valence-electron chi connectivity index (χ0n) is 18.9. The number of nitrogens with one attached hydrogen (secondary N) is 2. The zero-order chi connectivity index (χ0) is 24.4. The maximum Gasteiger partial charge on any atom is 0.251 e. The Hall–Kier alpha value is -3.85. The van der Waals surface area contributed by atoms with E-state index < -0.39 is 29.2 Å². The first-order valence-electron chi connectivity index (χ1n) is 11.6. The van der Waals surface area contributed by atoms with Gasteiger partial charge in [0.15, 0.2) is 5.78 Å². The van der Waals surface area contributed by atoms with Gasteiger partial charge in [-0.25, -0.2) is 9.37 Å². The second kappa shape index (κ2) is 9.42. The highest BCUT2D eigenvalue weighted by Gasteiger charge is 2.55. The molecular weight excluding hydrogens is 451 g/mol. The lowest BCUT2D eigenvalue weighted by molar-refractivity contribution is -0.131. The summed E-state index contributed by atoms with van der Waals surface area (Å²) in [4.78, 5) is 43.1. The van der Waals surface area contributed by atoms with Crippen molar-refractivity contribution in [2.45, 2.75) is 43.4 Å². The number of nitrogens with zero attached hydrogens (tertiary/aromatic N) is 2. The fraction of sp³-hybridized carbons (Fsp3) is 0.308. The summed E-state index contributed by atoms with van der Waals surface area (Å²) in [6, 6.07) is 11.7. The Balaban J connectivity index is 1.35. The third-order valence-electron chi connectivity index (χ3n) is 6.75. The van der Waals surface area contributed by atoms with E-state index in [4.69, 9.17) is 4.74 Å². The molecule has 1 aliphatic heterocycles. The van der Waals surface area contributed by atoms with Crippen molar-refractivity contribution in [1.29, 1.82) is 0 Å². The second-order valence-electron chi connectivity index (χ2n) is 8.95. The highest BCUT2D eigenvalue weighted by Crippen LogP contribution is 2.37. The van der Waals surface area contributed by atoms with Crippen LogP contribution in [0.3, 0.4) is 0 Å². The van der Waals surface area contributed by atoms with Crippen molar-refractivity contribution in [3.8, 4) is 5.69 Å². The summed E-state index contributed by atoms with van der Waals surface area (Å²) in [5.41, 5.74) is 0.848. The molecule has 9 heteroatoms. The summed E-state index contributed by atoms with van der Waals surface area (Å²) in [5.74, 6) is -1.43. The van der Waals surface area contributed by atoms with Crippen molar-refractivity contribution in [2.75, 3.05) is 6.61 Å². The van der Waals surface area contributed by atoms with Crippen LogP contribution in [-0.2, 0) is 20.7 Å². The lowest BCUT2D eigenvalue weighted by Gasteiger charge is -2.30. The smallest absolute Gasteiger partial charge is 0.251 e. The Kier molecular flexibility index (Phi) is 6.17. The van der Waals surface area contributed by atoms with E-state index in [0.717, 1.165) is 12.1 Å². The maximum absolute atomic E-state index is 13.4. The summed E-state index contributed by atoms with van der Waals surface area (Å²) in [5, 5.41) is 5.71. The highest BCUT2D eigenvalue weighted by molar-refractivity contribution is 6.00. The molecule has 8 nitrogen and oxygen atoms in total. The summed E-state index contributed by atoms with van der Waals surface area (Å²) >= 11 is 0. The molecule has 1 aliphatic carbocycles. The van der Waals surface area contributed by atoms with Crippen LogP contribution in [-0.4, -0.2) is 51.4 Å². The first-order chi connectivity index (χ1) is 16.9. The molecule has 1 saturated carbocycles. The second-order valence-corrected chi connectivity index (χ2v) is 8.95. The van der Waals surface area contributed by atoms with Gasteiger partial charge in [0.2, 0.25) is 5.91 Å². The first-order valence-corrected chi connectivity index (χ1v) is 11.6. The van der Waals surface area contributed by atoms with Crippen molar-refractivity contribution in [3.05, 3.63) is 84.2 Å². The van der Waals surface area contributed by atoms with Gasteiger partial charge in [0.05, 0.1) is 12.4 Å². The van der Waals surface area contributed by atoms with Gasteiger partial charge in [-0.1, -0.05) is 12.1 Å². The number of fused-ring (bicyclic) bond motifs is 1. The Morgan fingerprint density at radius 3 is 2.66 bits per heavy atom. The summed E-state index contributed by atoms with van der Waals surface area (Å²) in [6.07, 6.45) is 6.88. The third-order valence-corrected chi connectivity index (χ3v) is 6.75. The number of halogens is 1. The fourth-order valence-corrected chi connectivity index (χ4v) is 4.85. The van der Waals surface area contributed by atoms with Crippen LogP contribution >= 0.6 is 0 Å². The van der Waals surface area contributed by atoms with Crippen LogP contribution in [0.1, 0.15) is 35.2 Å². The molecular formula is C26H25FN4O4. The van der Waals surface area contributed by atoms with Crippen LogP contribution in [0.2, 0.25) is 0 Å². The predicted octanol–water partition coefficient (Wildman–Crippen LogP) is 2.36. The standard InChI is InChI=1S/C26H25FN4O4/c27-19-7-3-17(4-8-19)14-21(25(34)30-26-11-1-2-23(26)35-15-22(26)32)29-24(33)18-5-9-20(10-6-18)31-13-12-28-16-31/h3-10,12-13,16,21,23H,1-2,11,14-15H2,(H,29,33)(H,30,34). The number of amides is 2. The highest BCUT2D eigenvalue weighted by atomic mass is 19.1. The molecule has 180 valence electrons. The molecule has 2 amide bonds. The average molecular weight is 477 g/mol. The van der Waals surface area contributed by atoms with Gasteiger partial charge in [-0.3, -0.25) is 14.4 Å². The Labute approximate surface area is 201 Å². The minimum absolute atomic E-state index is 0.0246. The summed E-state index contributed by atoms with van der Waals surface area (Å²) in [7, 11) is 0. The van der Waals surface area contributed by atoms with Gasteiger partial charge in [0.25, 0.3) is 5.91 Å². The van der Waals surface area contributed by atoms with Crippen LogP contribution < -0.4 is 10.6 Å². The number of imidazole rings is 1. The number of benzene rings is 2. The number of hydrogen-bond acceptors (Lipinski definition) is 5. The molecule has 0 radical (unpaired) electrons. The lowest BCUT2D eigenvalue weighted by Crippen LogP contribution is -2.60. The van der Waals surface area contributed by atoms with Crippen LogP contribution in [0.5, 0.6) is 0 Å². The third kappa shape index (κ3) is 4.59. The SMILES string of the molecule is O=C(NC(Cc1ccc(F)cc1)C(=O)NC12CCCC1OCC2=O)c1ccc(-n2ccnc2)cc1. The Morgan fingerprint density at radius 1 is 1.17 bits per heavy atom. The molecule has 2 aliphatic rings. The molecule has 1 aromatic heterocycles. The van der Waals surface area contributed by atoms with Gasteiger partial charge in [-0.2, -0.15) is 0 Å². The fourth-order valence-electron chi connectivity index (χ4n) is 4.85. The number of rotatable bonds is 7. The number of carbonyl (C=O) groups is 3. The molecule has 2 fully saturated rings. The molecule has 0 bridgehead atoms. The van der Waals surface area contributed by atoms with Gasteiger partial charge < -0.3 is 19.9 Å². The summed E-state index contributed by atoms with van der Waals surface area (Å²) < 4.78 is 20.8. The van der Waals surface area contributed by atoms with Gasteiger partial charge in [-0.15, -0.1) is 0 Å². The normalized spacial score (nSPS) is 22.0. The molecule has 2 aromatic carbocycles. The molecule has 3 atom stereocenters. The number of ketones is 1. The quantitative estimate of drug-likeness (QED) is 0.545. The first kappa shape index (κ1) is 22.9. The van der Waals surface area contributed by atoms with E-state index in [1.165, 1.54) is 12.1 Å². The minimum Gasteiger partial charge on any atom is -0.367 e. The van der Waals surface area contributed by atoms with E-state index in [-0.39, 0.29) is 24.9 Å². The van der Waals surface area contributed by atoms with Crippen molar-refractivity contribution < 1.29 is 23.5 Å². The molecule has 3 unspecified atom stereocenters. The van der Waals surface area contributed by atoms with Crippen LogP contribution in [0, 0.1) is 5.82 Å². The molecule has 5 rings (SSSR count). The van der Waals surface area contributed by atoms with Crippen molar-refractivity contribution in [3.63, 3.8) is 0 Å². The molecule has 2 heterocycles. The number of aromatic nitrogens is 2. The largest absolute Gasteiger partial charge is 0.367 e. The van der Waals surface area contributed by atoms with Gasteiger partial charge in [0, 0.05) is 30.1 Å². The van der Waals surface area contributed by atoms with Gasteiger partial charge in [0.1, 0.15) is 24.0 Å². The van der Waals surface area contributed by atoms with Gasteiger partial charge >= 0.3 is 0 Å². The topological polar surface area (TPSA) is 102 Å². The van der Waals surface area contributed by atoms with E-state index in [0.29, 0.717) is 24.0 Å². The number of Topliss-reactive ketones (excluding diaryl/α,β-unsaturated/α-hetero) is 1. The summed E-state index contributed by atoms with van der Waals surface area (Å²) in [6.45, 7) is -0.0246. The maximum atomic E-state index is 13.4. The number of carbonyl (C=O) groups excluding carboxylic acids is 3.